The second-order valence-corrected chi connectivity index (χ2v) is 4.45. The highest BCUT2D eigenvalue weighted by molar-refractivity contribution is 8.06. The Morgan fingerprint density at radius 3 is 2.53 bits per heavy atom. The third-order valence-electron chi connectivity index (χ3n) is 2.27. The molecule has 0 fully saturated rings. The van der Waals surface area contributed by atoms with Crippen molar-refractivity contribution in [2.75, 3.05) is 0 Å². The summed E-state index contributed by atoms with van der Waals surface area (Å²) in [5.74, 6) is 0. The maximum Gasteiger partial charge on any atom is 0.0279 e. The van der Waals surface area contributed by atoms with E-state index in [0.29, 0.717) is 0 Å². The molecule has 1 aliphatic rings. The molecule has 0 saturated heterocycles. The first-order valence-electron chi connectivity index (χ1n) is 4.82. The fourth-order valence-corrected chi connectivity index (χ4v) is 2.00. The molecule has 1 aliphatic heterocycles. The molecule has 1 aromatic carbocycles. The van der Waals surface area contributed by atoms with Crippen LogP contribution >= 0.6 is 11.8 Å². The molecule has 0 radical (unpaired) electrons. The summed E-state index contributed by atoms with van der Waals surface area (Å²) in [7, 11) is 0. The van der Waals surface area contributed by atoms with Gasteiger partial charge in [-0.25, -0.2) is 0 Å². The summed E-state index contributed by atoms with van der Waals surface area (Å²) in [6, 6.07) is 8.38. The predicted octanol–water partition coefficient (Wildman–Crippen LogP) is 4.48. The van der Waals surface area contributed by atoms with Crippen molar-refractivity contribution < 1.29 is 0 Å². The Balaban J connectivity index is 2.32. The van der Waals surface area contributed by atoms with E-state index in [1.807, 2.05) is 12.2 Å². The highest BCUT2D eigenvalue weighted by atomic mass is 32.2. The summed E-state index contributed by atoms with van der Waals surface area (Å²) in [4.78, 5) is 1.21. The molecule has 0 atom stereocenters. The van der Waals surface area contributed by atoms with Crippen molar-refractivity contribution in [2.24, 2.45) is 0 Å². The second kappa shape index (κ2) is 4.39. The van der Waals surface area contributed by atoms with Gasteiger partial charge in [0, 0.05) is 4.91 Å². The molecule has 15 heavy (non-hydrogen) atoms. The van der Waals surface area contributed by atoms with Crippen LogP contribution in [0.4, 0.5) is 0 Å². The zero-order valence-corrected chi connectivity index (χ0v) is 9.47. The van der Waals surface area contributed by atoms with Gasteiger partial charge in [-0.3, -0.25) is 0 Å². The summed E-state index contributed by atoms with van der Waals surface area (Å²) in [6.45, 7) is 5.81. The van der Waals surface area contributed by atoms with E-state index in [1.165, 1.54) is 16.0 Å². The Hall–Kier alpha value is -1.43. The molecule has 2 rings (SSSR count). The first-order chi connectivity index (χ1) is 7.29. The molecule has 0 N–H and O–H groups in total. The van der Waals surface area contributed by atoms with E-state index in [9.17, 15) is 0 Å². The van der Waals surface area contributed by atoms with Crippen LogP contribution in [0.15, 0.2) is 53.0 Å². The fraction of sp³-hybridized carbons (Fsp3) is 0.0714. The normalized spacial score (nSPS) is 14.5. The van der Waals surface area contributed by atoms with Gasteiger partial charge in [0.25, 0.3) is 0 Å². The standard InChI is InChI=1S/C14H12S/c1-3-12-5-8-13(9-6-12)14-7-4-11(2)15-10-14/h3,5-10H,1H2,2H3. The highest BCUT2D eigenvalue weighted by Crippen LogP contribution is 2.27. The van der Waals surface area contributed by atoms with Crippen molar-refractivity contribution in [1.82, 2.24) is 0 Å². The van der Waals surface area contributed by atoms with Crippen molar-refractivity contribution in [3.8, 4) is 0 Å². The molecule has 0 unspecified atom stereocenters. The number of thioether (sulfide) groups is 1. The molecule has 0 aliphatic carbocycles. The fourth-order valence-electron chi connectivity index (χ4n) is 1.36. The van der Waals surface area contributed by atoms with E-state index < -0.39 is 0 Å². The smallest absolute Gasteiger partial charge is 0.0279 e. The number of hydrogen-bond acceptors (Lipinski definition) is 1. The Bertz CT molecular complexity index is 469. The van der Waals surface area contributed by atoms with E-state index in [-0.39, 0.29) is 0 Å². The van der Waals surface area contributed by atoms with Crippen LogP contribution in [-0.4, -0.2) is 0 Å². The van der Waals surface area contributed by atoms with Crippen LogP contribution in [0.5, 0.6) is 0 Å². The topological polar surface area (TPSA) is 0 Å². The summed E-state index contributed by atoms with van der Waals surface area (Å²) in [6.07, 6.45) is 3.89. The summed E-state index contributed by atoms with van der Waals surface area (Å²) >= 11 is 1.72. The first kappa shape index (κ1) is 10.1. The summed E-state index contributed by atoms with van der Waals surface area (Å²) in [5, 5.41) is 2.16. The van der Waals surface area contributed by atoms with Crippen molar-refractivity contribution in [3.05, 3.63) is 64.1 Å². The van der Waals surface area contributed by atoms with Gasteiger partial charge < -0.3 is 0 Å². The zero-order valence-electron chi connectivity index (χ0n) is 8.66. The third kappa shape index (κ3) is 2.33. The van der Waals surface area contributed by atoms with Gasteiger partial charge in [-0.1, -0.05) is 48.7 Å². The average Bonchev–Trinajstić information content (AvgIpc) is 2.30. The Labute approximate surface area is 94.7 Å². The molecule has 1 aromatic rings. The monoisotopic (exact) mass is 212 g/mol. The maximum absolute atomic E-state index is 3.74. The van der Waals surface area contributed by atoms with Gasteiger partial charge in [0.2, 0.25) is 0 Å². The van der Waals surface area contributed by atoms with Crippen LogP contribution in [0.1, 0.15) is 18.1 Å². The first-order valence-corrected chi connectivity index (χ1v) is 5.70. The largest absolute Gasteiger partial charge is 0.110 e. The van der Waals surface area contributed by atoms with Gasteiger partial charge in [-0.05, 0) is 35.1 Å². The molecular weight excluding hydrogens is 200 g/mol. The molecule has 0 amide bonds. The zero-order chi connectivity index (χ0) is 10.7. The van der Waals surface area contributed by atoms with Gasteiger partial charge in [0.1, 0.15) is 0 Å². The molecule has 1 heterocycles. The predicted molar refractivity (Wildman–Crippen MR) is 69.4 cm³/mol. The molecule has 1 heteroatoms. The van der Waals surface area contributed by atoms with Gasteiger partial charge in [-0.15, -0.1) is 5.73 Å². The van der Waals surface area contributed by atoms with Crippen molar-refractivity contribution in [2.45, 2.75) is 6.92 Å². The quantitative estimate of drug-likeness (QED) is 0.651. The van der Waals surface area contributed by atoms with Gasteiger partial charge in [0.15, 0.2) is 0 Å². The molecule has 74 valence electrons. The minimum Gasteiger partial charge on any atom is -0.110 e. The van der Waals surface area contributed by atoms with E-state index in [4.69, 9.17) is 0 Å². The molecule has 0 spiro atoms. The number of hydrogen-bond donors (Lipinski definition) is 0. The minimum atomic E-state index is 1.15. The number of allylic oxidation sites excluding steroid dienone is 2. The second-order valence-electron chi connectivity index (χ2n) is 3.36. The summed E-state index contributed by atoms with van der Waals surface area (Å²) in [5.41, 5.74) is 6.83. The molecule has 0 nitrogen and oxygen atoms in total. The molecule has 0 saturated carbocycles. The van der Waals surface area contributed by atoms with Gasteiger partial charge >= 0.3 is 0 Å². The van der Waals surface area contributed by atoms with Crippen LogP contribution in [0, 0.1) is 0 Å². The highest BCUT2D eigenvalue weighted by Gasteiger charge is 2.01. The summed E-state index contributed by atoms with van der Waals surface area (Å²) < 4.78 is 0. The number of rotatable bonds is 2. The molecular formula is C14H12S. The lowest BCUT2D eigenvalue weighted by Gasteiger charge is -2.05. The Kier molecular flexibility index (Phi) is 2.96. The van der Waals surface area contributed by atoms with E-state index in [1.54, 1.807) is 11.8 Å². The van der Waals surface area contributed by atoms with Crippen molar-refractivity contribution >= 4 is 23.4 Å². The molecule has 0 aromatic heterocycles. The van der Waals surface area contributed by atoms with E-state index in [2.05, 4.69) is 48.9 Å². The lowest BCUT2D eigenvalue weighted by Crippen LogP contribution is -1.82. The Morgan fingerprint density at radius 1 is 1.27 bits per heavy atom. The van der Waals surface area contributed by atoms with E-state index in [0.717, 1.165) is 5.56 Å². The lowest BCUT2D eigenvalue weighted by atomic mass is 10.1. The SMILES string of the molecule is C=Cc1ccc(C2=CSC(C)=C=C2)cc1. The Morgan fingerprint density at radius 2 is 2.00 bits per heavy atom. The molecule has 0 bridgehead atoms. The maximum atomic E-state index is 3.74. The van der Waals surface area contributed by atoms with Crippen LogP contribution in [0.25, 0.3) is 11.6 Å². The van der Waals surface area contributed by atoms with E-state index >= 15 is 0 Å². The van der Waals surface area contributed by atoms with Crippen molar-refractivity contribution in [3.63, 3.8) is 0 Å². The van der Waals surface area contributed by atoms with Gasteiger partial charge in [0.05, 0.1) is 0 Å². The number of benzene rings is 1. The van der Waals surface area contributed by atoms with Crippen molar-refractivity contribution in [1.29, 1.82) is 0 Å². The van der Waals surface area contributed by atoms with Crippen LogP contribution < -0.4 is 0 Å². The van der Waals surface area contributed by atoms with Crippen LogP contribution in [-0.2, 0) is 0 Å². The minimum absolute atomic E-state index is 1.15. The lowest BCUT2D eigenvalue weighted by molar-refractivity contribution is 1.59. The average molecular weight is 212 g/mol. The van der Waals surface area contributed by atoms with Gasteiger partial charge in [-0.2, -0.15) is 0 Å². The van der Waals surface area contributed by atoms with Crippen LogP contribution in [0.2, 0.25) is 0 Å². The van der Waals surface area contributed by atoms with Crippen LogP contribution in [0.3, 0.4) is 0 Å². The third-order valence-corrected chi connectivity index (χ3v) is 3.12.